The van der Waals surface area contributed by atoms with Gasteiger partial charge in [0.2, 0.25) is 0 Å². The van der Waals surface area contributed by atoms with Crippen LogP contribution in [-0.4, -0.2) is 42.7 Å². The predicted octanol–water partition coefficient (Wildman–Crippen LogP) is 2.54. The van der Waals surface area contributed by atoms with Gasteiger partial charge >= 0.3 is 6.61 Å². The second-order valence-corrected chi connectivity index (χ2v) is 4.84. The molecule has 1 aliphatic heterocycles. The van der Waals surface area contributed by atoms with Crippen LogP contribution < -0.4 is 4.74 Å². The van der Waals surface area contributed by atoms with Gasteiger partial charge in [-0.1, -0.05) is 12.1 Å². The summed E-state index contributed by atoms with van der Waals surface area (Å²) in [6.07, 6.45) is -0.156. The zero-order chi connectivity index (χ0) is 14.7. The highest BCUT2D eigenvalue weighted by molar-refractivity contribution is 5.97. The number of nitrogens with zero attached hydrogens (tertiary/aromatic N) is 1. The Labute approximate surface area is 116 Å². The van der Waals surface area contributed by atoms with Gasteiger partial charge in [-0.05, 0) is 26.0 Å². The van der Waals surface area contributed by atoms with Crippen molar-refractivity contribution < 1.29 is 23.0 Å². The fraction of sp³-hybridized carbons (Fsp3) is 0.500. The largest absolute Gasteiger partial charge is 0.434 e. The molecule has 0 N–H and O–H groups in total. The third-order valence-corrected chi connectivity index (χ3v) is 3.04. The number of hydrogen-bond acceptors (Lipinski definition) is 3. The predicted molar refractivity (Wildman–Crippen MR) is 69.0 cm³/mol. The Morgan fingerprint density at radius 2 is 1.90 bits per heavy atom. The molecule has 1 heterocycles. The molecule has 2 atom stereocenters. The maximum atomic E-state index is 12.4. The first-order chi connectivity index (χ1) is 9.47. The van der Waals surface area contributed by atoms with Crippen molar-refractivity contribution in [3.8, 4) is 5.75 Å². The smallest absolute Gasteiger partial charge is 0.387 e. The minimum absolute atomic E-state index is 0.0779. The molecule has 2 rings (SSSR count). The number of benzene rings is 1. The van der Waals surface area contributed by atoms with Gasteiger partial charge < -0.3 is 14.4 Å². The second-order valence-electron chi connectivity index (χ2n) is 4.84. The standard InChI is InChI=1S/C14H17F2NO3/c1-9-7-17(8-10(2)19-9)13(18)11-5-3-4-6-12(11)20-14(15)16/h3-6,9-10,14H,7-8H2,1-2H3/t9-,10-/m0/s1. The zero-order valence-electron chi connectivity index (χ0n) is 11.4. The molecule has 1 amide bonds. The van der Waals surface area contributed by atoms with E-state index in [1.54, 1.807) is 17.0 Å². The topological polar surface area (TPSA) is 38.8 Å². The van der Waals surface area contributed by atoms with Crippen molar-refractivity contribution in [3.63, 3.8) is 0 Å². The molecular formula is C14H17F2NO3. The molecule has 0 bridgehead atoms. The summed E-state index contributed by atoms with van der Waals surface area (Å²) in [5.41, 5.74) is 0.147. The molecule has 1 saturated heterocycles. The maximum Gasteiger partial charge on any atom is 0.387 e. The van der Waals surface area contributed by atoms with E-state index in [1.165, 1.54) is 12.1 Å². The van der Waals surface area contributed by atoms with E-state index in [0.29, 0.717) is 13.1 Å². The van der Waals surface area contributed by atoms with Crippen LogP contribution in [0.2, 0.25) is 0 Å². The van der Waals surface area contributed by atoms with Crippen molar-refractivity contribution >= 4 is 5.91 Å². The number of halogens is 2. The molecule has 0 saturated carbocycles. The van der Waals surface area contributed by atoms with E-state index in [4.69, 9.17) is 4.74 Å². The van der Waals surface area contributed by atoms with Gasteiger partial charge in [-0.2, -0.15) is 8.78 Å². The number of carbonyl (C=O) groups is 1. The van der Waals surface area contributed by atoms with Crippen LogP contribution >= 0.6 is 0 Å². The van der Waals surface area contributed by atoms with Crippen molar-refractivity contribution in [1.29, 1.82) is 0 Å². The van der Waals surface area contributed by atoms with Gasteiger partial charge in [0.15, 0.2) is 0 Å². The van der Waals surface area contributed by atoms with Crippen LogP contribution in [0.25, 0.3) is 0 Å². The molecule has 110 valence electrons. The van der Waals surface area contributed by atoms with Crippen LogP contribution in [0.4, 0.5) is 8.78 Å². The minimum atomic E-state index is -2.95. The normalized spacial score (nSPS) is 22.9. The molecule has 0 unspecified atom stereocenters. The highest BCUT2D eigenvalue weighted by Gasteiger charge is 2.28. The average Bonchev–Trinajstić information content (AvgIpc) is 2.36. The fourth-order valence-electron chi connectivity index (χ4n) is 2.36. The van der Waals surface area contributed by atoms with Crippen molar-refractivity contribution in [1.82, 2.24) is 4.90 Å². The number of carbonyl (C=O) groups excluding carboxylic acids is 1. The molecule has 0 aromatic heterocycles. The summed E-state index contributed by atoms with van der Waals surface area (Å²) in [5.74, 6) is -0.414. The summed E-state index contributed by atoms with van der Waals surface area (Å²) < 4.78 is 34.7. The lowest BCUT2D eigenvalue weighted by Gasteiger charge is -2.35. The molecule has 1 aromatic carbocycles. The molecular weight excluding hydrogens is 268 g/mol. The quantitative estimate of drug-likeness (QED) is 0.856. The summed E-state index contributed by atoms with van der Waals surface area (Å²) in [7, 11) is 0. The van der Waals surface area contributed by atoms with Gasteiger partial charge in [-0.25, -0.2) is 0 Å². The van der Waals surface area contributed by atoms with E-state index in [1.807, 2.05) is 13.8 Å². The van der Waals surface area contributed by atoms with Crippen molar-refractivity contribution in [2.24, 2.45) is 0 Å². The summed E-state index contributed by atoms with van der Waals surface area (Å²) in [6.45, 7) is 1.67. The number of alkyl halides is 2. The van der Waals surface area contributed by atoms with E-state index in [2.05, 4.69) is 4.74 Å². The van der Waals surface area contributed by atoms with Crippen molar-refractivity contribution in [2.45, 2.75) is 32.7 Å². The van der Waals surface area contributed by atoms with E-state index in [0.717, 1.165) is 0 Å². The average molecular weight is 285 g/mol. The van der Waals surface area contributed by atoms with E-state index >= 15 is 0 Å². The van der Waals surface area contributed by atoms with Gasteiger partial charge in [0.1, 0.15) is 5.75 Å². The number of morpholine rings is 1. The van der Waals surface area contributed by atoms with Crippen molar-refractivity contribution in [2.75, 3.05) is 13.1 Å². The molecule has 0 spiro atoms. The van der Waals surface area contributed by atoms with Crippen LogP contribution in [0.1, 0.15) is 24.2 Å². The summed E-state index contributed by atoms with van der Waals surface area (Å²) in [5, 5.41) is 0. The van der Waals surface area contributed by atoms with Crippen LogP contribution in [0, 0.1) is 0 Å². The second kappa shape index (κ2) is 6.17. The third-order valence-electron chi connectivity index (χ3n) is 3.04. The lowest BCUT2D eigenvalue weighted by molar-refractivity contribution is -0.0602. The lowest BCUT2D eigenvalue weighted by Crippen LogP contribution is -2.48. The van der Waals surface area contributed by atoms with E-state index in [-0.39, 0.29) is 29.4 Å². The molecule has 1 aromatic rings. The Morgan fingerprint density at radius 1 is 1.30 bits per heavy atom. The first-order valence-corrected chi connectivity index (χ1v) is 6.46. The van der Waals surface area contributed by atoms with Gasteiger partial charge in [0.05, 0.1) is 17.8 Å². The Morgan fingerprint density at radius 3 is 2.50 bits per heavy atom. The zero-order valence-corrected chi connectivity index (χ0v) is 11.4. The molecule has 0 aliphatic carbocycles. The van der Waals surface area contributed by atoms with Crippen LogP contribution in [-0.2, 0) is 4.74 Å². The van der Waals surface area contributed by atoms with E-state index in [9.17, 15) is 13.6 Å². The number of amides is 1. The molecule has 20 heavy (non-hydrogen) atoms. The summed E-state index contributed by atoms with van der Waals surface area (Å²) in [4.78, 5) is 14.0. The van der Waals surface area contributed by atoms with Crippen LogP contribution in [0.15, 0.2) is 24.3 Å². The Balaban J connectivity index is 2.20. The maximum absolute atomic E-state index is 12.4. The number of ether oxygens (including phenoxy) is 2. The summed E-state index contributed by atoms with van der Waals surface area (Å²) >= 11 is 0. The summed E-state index contributed by atoms with van der Waals surface area (Å²) in [6, 6.07) is 6.04. The van der Waals surface area contributed by atoms with Gasteiger partial charge in [-0.3, -0.25) is 4.79 Å². The third kappa shape index (κ3) is 3.45. The van der Waals surface area contributed by atoms with Gasteiger partial charge in [0.25, 0.3) is 5.91 Å². The SMILES string of the molecule is C[C@H]1CN(C(=O)c2ccccc2OC(F)F)C[C@H](C)O1. The highest BCUT2D eigenvalue weighted by Crippen LogP contribution is 2.23. The fourth-order valence-corrected chi connectivity index (χ4v) is 2.36. The Bertz CT molecular complexity index is 471. The van der Waals surface area contributed by atoms with Crippen LogP contribution in [0.5, 0.6) is 5.75 Å². The first-order valence-electron chi connectivity index (χ1n) is 6.46. The molecule has 4 nitrogen and oxygen atoms in total. The lowest BCUT2D eigenvalue weighted by atomic mass is 10.1. The number of para-hydroxylation sites is 1. The molecule has 6 heteroatoms. The molecule has 1 fully saturated rings. The Kier molecular flexibility index (Phi) is 4.54. The van der Waals surface area contributed by atoms with Crippen molar-refractivity contribution in [3.05, 3.63) is 29.8 Å². The molecule has 0 radical (unpaired) electrons. The Hall–Kier alpha value is -1.69. The number of rotatable bonds is 3. The van der Waals surface area contributed by atoms with Gasteiger partial charge in [-0.15, -0.1) is 0 Å². The van der Waals surface area contributed by atoms with E-state index < -0.39 is 6.61 Å². The minimum Gasteiger partial charge on any atom is -0.434 e. The highest BCUT2D eigenvalue weighted by atomic mass is 19.3. The molecule has 1 aliphatic rings. The first kappa shape index (κ1) is 14.7. The van der Waals surface area contributed by atoms with Gasteiger partial charge in [0, 0.05) is 13.1 Å². The number of hydrogen-bond donors (Lipinski definition) is 0. The van der Waals surface area contributed by atoms with Crippen LogP contribution in [0.3, 0.4) is 0 Å². The monoisotopic (exact) mass is 285 g/mol.